The van der Waals surface area contributed by atoms with Crippen molar-refractivity contribution < 1.29 is 9.47 Å². The fourth-order valence-corrected chi connectivity index (χ4v) is 21.6. The Morgan fingerprint density at radius 3 is 0.953 bits per heavy atom. The number of H-pyrrole nitrogens is 2. The van der Waals surface area contributed by atoms with E-state index in [2.05, 4.69) is 513 Å². The van der Waals surface area contributed by atoms with E-state index < -0.39 is 0 Å². The molecular weight excluding hydrogens is 1880 g/mol. The lowest BCUT2D eigenvalue weighted by Gasteiger charge is -2.20. The molecule has 6 aromatic heterocycles. The first-order valence-electron chi connectivity index (χ1n) is 50.7. The molecular formula is C138H105BrN8O2. The van der Waals surface area contributed by atoms with Crippen LogP contribution in [0.15, 0.2) is 502 Å². The van der Waals surface area contributed by atoms with Gasteiger partial charge in [-0.3, -0.25) is 9.13 Å². The summed E-state index contributed by atoms with van der Waals surface area (Å²) in [5, 5.41) is 22.4. The zero-order valence-corrected chi connectivity index (χ0v) is 85.0. The van der Waals surface area contributed by atoms with Crippen LogP contribution in [-0.4, -0.2) is 29.1 Å². The van der Waals surface area contributed by atoms with Gasteiger partial charge in [-0.2, -0.15) is 0 Å². The van der Waals surface area contributed by atoms with Crippen LogP contribution in [0.2, 0.25) is 0 Å². The van der Waals surface area contributed by atoms with E-state index in [1.54, 1.807) is 0 Å². The van der Waals surface area contributed by atoms with Crippen LogP contribution >= 0.6 is 15.9 Å². The van der Waals surface area contributed by atoms with Crippen molar-refractivity contribution in [3.8, 4) is 101 Å². The number of benzene rings is 20. The van der Waals surface area contributed by atoms with Crippen molar-refractivity contribution in [1.82, 2.24) is 29.1 Å². The van der Waals surface area contributed by atoms with Crippen molar-refractivity contribution in [3.05, 3.63) is 513 Å². The lowest BCUT2D eigenvalue weighted by Crippen LogP contribution is -2.12. The van der Waals surface area contributed by atoms with Crippen LogP contribution in [0, 0.1) is 0 Å². The SMILES string of the molecule is CC(C)(C)c1ccnc(-n2c3ccccc3c3ccc(Oc4cccc(Br)c4)cc32)c1.CC(C)(C)c1ccnc(-n2c3ccccc3c3ccc(Oc4cccc(Nc5cccc6c5[nH]c5c(-c7cc(-c8ccccc8)cc(-c8ccccc8)c7)cccc5c5ccccc5c5ccccc65)c4)cc32)c1.Nc1cccc2c1[nH]c1c(-c3cc(-c4ccccc4)cc(-c4ccccc4)c3)cccc1c1ccccc1c1ccccc21. The Kier molecular flexibility index (Phi) is 24.7. The van der Waals surface area contributed by atoms with Crippen LogP contribution in [0.1, 0.15) is 52.7 Å². The van der Waals surface area contributed by atoms with E-state index in [9.17, 15) is 0 Å². The van der Waals surface area contributed by atoms with Crippen molar-refractivity contribution in [2.75, 3.05) is 11.1 Å². The number of fused-ring (bicyclic) bond motifs is 20. The largest absolute Gasteiger partial charge is 0.457 e. The molecule has 0 spiro atoms. The zero-order chi connectivity index (χ0) is 101. The van der Waals surface area contributed by atoms with Crippen molar-refractivity contribution in [1.29, 1.82) is 0 Å². The predicted octanol–water partition coefficient (Wildman–Crippen LogP) is 38.4. The van der Waals surface area contributed by atoms with Crippen molar-refractivity contribution in [3.63, 3.8) is 0 Å². The number of aromatic amines is 2. The van der Waals surface area contributed by atoms with Crippen LogP contribution in [0.3, 0.4) is 0 Å². The summed E-state index contributed by atoms with van der Waals surface area (Å²) in [5.41, 5.74) is 34.0. The Labute approximate surface area is 873 Å². The number of ether oxygens (including phenoxy) is 2. The second-order valence-electron chi connectivity index (χ2n) is 40.1. The van der Waals surface area contributed by atoms with Gasteiger partial charge in [0, 0.05) is 95.0 Å². The molecule has 6 heterocycles. The third-order valence-electron chi connectivity index (χ3n) is 28.5. The highest BCUT2D eigenvalue weighted by atomic mass is 79.9. The first kappa shape index (κ1) is 93.0. The van der Waals surface area contributed by atoms with E-state index in [-0.39, 0.29) is 10.8 Å². The van der Waals surface area contributed by atoms with Gasteiger partial charge in [0.2, 0.25) is 0 Å². The maximum atomic E-state index is 6.78. The van der Waals surface area contributed by atoms with Gasteiger partial charge in [-0.25, -0.2) is 9.97 Å². The number of pyridine rings is 2. The van der Waals surface area contributed by atoms with Gasteiger partial charge in [-0.05, 0) is 260 Å². The molecule has 11 heteroatoms. The Bertz CT molecular complexity index is 9700. The molecule has 149 heavy (non-hydrogen) atoms. The number of anilines is 3. The number of rotatable bonds is 14. The van der Waals surface area contributed by atoms with E-state index in [1.165, 1.54) is 87.6 Å². The molecule has 0 saturated heterocycles. The van der Waals surface area contributed by atoms with Gasteiger partial charge >= 0.3 is 0 Å². The van der Waals surface area contributed by atoms with E-state index in [0.717, 1.165) is 171 Å². The molecule has 716 valence electrons. The van der Waals surface area contributed by atoms with Gasteiger partial charge in [0.1, 0.15) is 34.6 Å². The molecule has 0 atom stereocenters. The van der Waals surface area contributed by atoms with Crippen LogP contribution in [-0.2, 0) is 10.8 Å². The van der Waals surface area contributed by atoms with Crippen molar-refractivity contribution in [2.24, 2.45) is 0 Å². The molecule has 20 aromatic carbocycles. The van der Waals surface area contributed by atoms with Gasteiger partial charge in [0.25, 0.3) is 0 Å². The number of hydrogen-bond donors (Lipinski definition) is 4. The Hall–Kier alpha value is -18.4. The molecule has 0 bridgehead atoms. The number of nitrogens with two attached hydrogens (primary N) is 1. The molecule has 0 aliphatic carbocycles. The van der Waals surface area contributed by atoms with Gasteiger partial charge in [0.15, 0.2) is 0 Å². The summed E-state index contributed by atoms with van der Waals surface area (Å²) in [6, 6.07) is 172. The summed E-state index contributed by atoms with van der Waals surface area (Å²) in [6.45, 7) is 13.4. The predicted molar refractivity (Wildman–Crippen MR) is 632 cm³/mol. The van der Waals surface area contributed by atoms with Crippen LogP contribution in [0.4, 0.5) is 17.1 Å². The topological polar surface area (TPSA) is 124 Å². The summed E-state index contributed by atoms with van der Waals surface area (Å²) >= 11 is 3.51. The average molecular weight is 1990 g/mol. The smallest absolute Gasteiger partial charge is 0.137 e. The monoisotopic (exact) mass is 1980 g/mol. The van der Waals surface area contributed by atoms with Gasteiger partial charge in [0.05, 0.1) is 55.5 Å². The van der Waals surface area contributed by atoms with Crippen molar-refractivity contribution >= 4 is 163 Å². The zero-order valence-electron chi connectivity index (χ0n) is 83.4. The normalized spacial score (nSPS) is 11.6. The molecule has 0 aliphatic rings. The second-order valence-corrected chi connectivity index (χ2v) is 41.0. The Balaban J connectivity index is 0.000000133. The maximum Gasteiger partial charge on any atom is 0.137 e. The molecule has 5 N–H and O–H groups in total. The fourth-order valence-electron chi connectivity index (χ4n) is 21.2. The minimum Gasteiger partial charge on any atom is -0.457 e. The number of nitrogens with zero attached hydrogens (tertiary/aromatic N) is 4. The fraction of sp³-hybridized carbons (Fsp3) is 0.0580. The molecule has 0 saturated carbocycles. The average Bonchev–Trinajstić information content (AvgIpc) is 1.61. The quantitative estimate of drug-likeness (QED) is 0.0804. The number of nitrogens with one attached hydrogen (secondary N) is 3. The lowest BCUT2D eigenvalue weighted by atomic mass is 9.88. The molecule has 26 rings (SSSR count). The Morgan fingerprint density at radius 1 is 0.242 bits per heavy atom. The van der Waals surface area contributed by atoms with Gasteiger partial charge in [-0.1, -0.05) is 385 Å². The summed E-state index contributed by atoms with van der Waals surface area (Å²) in [7, 11) is 0. The number of nitrogen functional groups attached to an aromatic ring is 1. The lowest BCUT2D eigenvalue weighted by molar-refractivity contribution is 0.483. The summed E-state index contributed by atoms with van der Waals surface area (Å²) in [4.78, 5) is 17.7. The molecule has 0 unspecified atom stereocenters. The first-order valence-corrected chi connectivity index (χ1v) is 51.5. The number of hydrogen-bond acceptors (Lipinski definition) is 6. The Morgan fingerprint density at radius 2 is 0.550 bits per heavy atom. The van der Waals surface area contributed by atoms with Crippen LogP contribution in [0.25, 0.3) is 209 Å². The third kappa shape index (κ3) is 18.5. The number of aromatic nitrogens is 6. The van der Waals surface area contributed by atoms with Crippen LogP contribution < -0.4 is 20.5 Å². The van der Waals surface area contributed by atoms with E-state index in [4.69, 9.17) is 25.2 Å². The molecule has 0 aliphatic heterocycles. The molecule has 0 fully saturated rings. The molecule has 26 aromatic rings. The first-order chi connectivity index (χ1) is 72.9. The van der Waals surface area contributed by atoms with Gasteiger partial charge in [-0.15, -0.1) is 0 Å². The summed E-state index contributed by atoms with van der Waals surface area (Å²) in [5.74, 6) is 4.84. The number of para-hydroxylation sites is 6. The molecule has 10 nitrogen and oxygen atoms in total. The minimum absolute atomic E-state index is 0.0247. The summed E-state index contributed by atoms with van der Waals surface area (Å²) in [6.07, 6.45) is 3.82. The maximum absolute atomic E-state index is 6.78. The third-order valence-corrected chi connectivity index (χ3v) is 29.0. The highest BCUT2D eigenvalue weighted by molar-refractivity contribution is 9.10. The highest BCUT2D eigenvalue weighted by Crippen LogP contribution is 2.47. The molecule has 0 radical (unpaired) electrons. The highest BCUT2D eigenvalue weighted by Gasteiger charge is 2.24. The standard InChI is InChI=1S/C69H52N4O.C42H30N2.C27H23BrN2O/c1-69(2,3)50-37-38-70-66(42-50)73-64-34-15-14-29-59(64)60-36-35-53(44-65(60)73)74-52-24-16-23-51(43-52)71-63-33-18-32-62-58-28-13-11-26-56(58)55-25-10-12-27-57(55)61-31-17-30-54(67(61)72-68(62)63)49-40-47(45-19-6-4-7-20-45)39-48(41-49)46-21-8-5-9-22-46;43-40-24-12-23-39-37-20-10-8-18-35(37)34-17-7-9-19-36(34)38-22-11-21-33(41(38)44-42(39)40)32-26-30(28-13-3-1-4-14-28)25-31(27-32)29-15-5-2-6-16-29;1-27(2,3)18-13-14-29-26(15-18)30-24-10-5-4-9-22(24)23-12-11-21(17-25(23)30)31-20-8-6-7-19(28)16-20/h4-44,71-72H,1-3H3;1-27,44H,43H2;4-17H,1-3H3. The number of halogens is 1. The minimum atomic E-state index is -0.0247. The van der Waals surface area contributed by atoms with E-state index >= 15 is 0 Å². The summed E-state index contributed by atoms with van der Waals surface area (Å²) < 4.78 is 18.4. The second kappa shape index (κ2) is 39.6. The van der Waals surface area contributed by atoms with E-state index in [0.29, 0.717) is 5.69 Å². The molecule has 0 amide bonds. The van der Waals surface area contributed by atoms with E-state index in [1.807, 2.05) is 67.0 Å². The van der Waals surface area contributed by atoms with Crippen LogP contribution in [0.5, 0.6) is 23.0 Å². The van der Waals surface area contributed by atoms with Crippen molar-refractivity contribution in [2.45, 2.75) is 52.4 Å². The van der Waals surface area contributed by atoms with Gasteiger partial charge < -0.3 is 30.5 Å².